The van der Waals surface area contributed by atoms with Gasteiger partial charge in [0.1, 0.15) is 17.4 Å². The van der Waals surface area contributed by atoms with Crippen molar-refractivity contribution in [2.45, 2.75) is 45.3 Å². The topological polar surface area (TPSA) is 79.7 Å². The highest BCUT2D eigenvalue weighted by Crippen LogP contribution is 2.25. The lowest BCUT2D eigenvalue weighted by atomic mass is 10.1. The van der Waals surface area contributed by atoms with Crippen LogP contribution in [-0.4, -0.2) is 45.1 Å². The molecule has 6 nitrogen and oxygen atoms in total. The molecule has 2 heterocycles. The summed E-state index contributed by atoms with van der Waals surface area (Å²) in [5.41, 5.74) is -0.630. The van der Waals surface area contributed by atoms with Crippen molar-refractivity contribution in [2.75, 3.05) is 6.54 Å². The second-order valence-electron chi connectivity index (χ2n) is 6.06. The van der Waals surface area contributed by atoms with Gasteiger partial charge in [-0.15, -0.1) is 0 Å². The Hall–Kier alpha value is -2.11. The summed E-state index contributed by atoms with van der Waals surface area (Å²) >= 11 is 0. The molecule has 1 amide bonds. The lowest BCUT2D eigenvalue weighted by Gasteiger charge is -2.27. The molecule has 0 unspecified atom stereocenters. The largest absolute Gasteiger partial charge is 0.505 e. The third-order valence-corrected chi connectivity index (χ3v) is 3.18. The van der Waals surface area contributed by atoms with E-state index in [1.54, 1.807) is 26.8 Å². The highest BCUT2D eigenvalue weighted by molar-refractivity contribution is 5.97. The van der Waals surface area contributed by atoms with Gasteiger partial charge in [-0.1, -0.05) is 0 Å². The zero-order valence-corrected chi connectivity index (χ0v) is 12.5. The third kappa shape index (κ3) is 3.51. The van der Waals surface area contributed by atoms with Crippen molar-refractivity contribution in [2.24, 2.45) is 0 Å². The molecule has 114 valence electrons. The van der Waals surface area contributed by atoms with Crippen LogP contribution < -0.4 is 0 Å². The van der Waals surface area contributed by atoms with Crippen molar-refractivity contribution in [3.63, 3.8) is 0 Å². The maximum Gasteiger partial charge on any atom is 0.329 e. The normalized spacial score (nSPS) is 18.6. The van der Waals surface area contributed by atoms with Gasteiger partial charge in [0.15, 0.2) is 5.69 Å². The number of amides is 1. The minimum absolute atomic E-state index is 0.0343. The standard InChI is InChI=1S/C15H20N2O4/c1-15(2,3)21-14(20)10-6-5-9-17(10)13(19)12-11(18)7-4-8-16-12/h4,7-8,10,18H,5-6,9H2,1-3H3/t10-/m1/s1. The summed E-state index contributed by atoms with van der Waals surface area (Å²) in [7, 11) is 0. The molecule has 1 saturated heterocycles. The minimum atomic E-state index is -0.613. The second-order valence-corrected chi connectivity index (χ2v) is 6.06. The van der Waals surface area contributed by atoms with Crippen LogP contribution >= 0.6 is 0 Å². The van der Waals surface area contributed by atoms with Crippen molar-refractivity contribution in [3.8, 4) is 5.75 Å². The molecular formula is C15H20N2O4. The first-order valence-corrected chi connectivity index (χ1v) is 6.97. The van der Waals surface area contributed by atoms with Gasteiger partial charge < -0.3 is 14.7 Å². The molecule has 1 aliphatic heterocycles. The van der Waals surface area contributed by atoms with Gasteiger partial charge in [-0.05, 0) is 45.7 Å². The van der Waals surface area contributed by atoms with Crippen molar-refractivity contribution in [1.82, 2.24) is 9.88 Å². The van der Waals surface area contributed by atoms with E-state index >= 15 is 0 Å². The number of carbonyl (C=O) groups is 2. The Kier molecular flexibility index (Phi) is 4.16. The van der Waals surface area contributed by atoms with Gasteiger partial charge in [-0.3, -0.25) is 4.79 Å². The zero-order valence-electron chi connectivity index (χ0n) is 12.5. The van der Waals surface area contributed by atoms with E-state index in [9.17, 15) is 14.7 Å². The van der Waals surface area contributed by atoms with Crippen LogP contribution in [0.1, 0.15) is 44.1 Å². The molecule has 0 bridgehead atoms. The van der Waals surface area contributed by atoms with Crippen LogP contribution in [0.4, 0.5) is 0 Å². The predicted molar refractivity (Wildman–Crippen MR) is 75.8 cm³/mol. The van der Waals surface area contributed by atoms with Gasteiger partial charge in [0.25, 0.3) is 5.91 Å². The average molecular weight is 292 g/mol. The van der Waals surface area contributed by atoms with Gasteiger partial charge in [-0.2, -0.15) is 0 Å². The van der Waals surface area contributed by atoms with E-state index in [1.807, 2.05) is 0 Å². The summed E-state index contributed by atoms with van der Waals surface area (Å²) in [6.07, 6.45) is 2.73. The minimum Gasteiger partial charge on any atom is -0.505 e. The first-order valence-electron chi connectivity index (χ1n) is 6.97. The highest BCUT2D eigenvalue weighted by Gasteiger charge is 2.38. The maximum atomic E-state index is 12.4. The van der Waals surface area contributed by atoms with Crippen LogP contribution in [0.25, 0.3) is 0 Å². The zero-order chi connectivity index (χ0) is 15.6. The molecule has 1 aliphatic rings. The first-order chi connectivity index (χ1) is 9.79. The van der Waals surface area contributed by atoms with Crippen LogP contribution in [0.5, 0.6) is 5.75 Å². The number of pyridine rings is 1. The summed E-state index contributed by atoms with van der Waals surface area (Å²) in [4.78, 5) is 30.0. The molecule has 21 heavy (non-hydrogen) atoms. The molecule has 0 spiro atoms. The molecule has 1 aromatic rings. The molecule has 2 rings (SSSR count). The van der Waals surface area contributed by atoms with Crippen molar-refractivity contribution >= 4 is 11.9 Å². The molecule has 1 aromatic heterocycles. The number of aromatic hydroxyl groups is 1. The van der Waals surface area contributed by atoms with Crippen molar-refractivity contribution in [1.29, 1.82) is 0 Å². The van der Waals surface area contributed by atoms with Gasteiger partial charge in [0, 0.05) is 12.7 Å². The van der Waals surface area contributed by atoms with Crippen LogP contribution in [0.3, 0.4) is 0 Å². The number of carbonyl (C=O) groups excluding carboxylic acids is 2. The van der Waals surface area contributed by atoms with Crippen molar-refractivity contribution in [3.05, 3.63) is 24.0 Å². The Morgan fingerprint density at radius 1 is 1.43 bits per heavy atom. The second kappa shape index (κ2) is 5.71. The Morgan fingerprint density at radius 3 is 2.76 bits per heavy atom. The quantitative estimate of drug-likeness (QED) is 0.840. The van der Waals surface area contributed by atoms with Crippen LogP contribution in [0.2, 0.25) is 0 Å². The van der Waals surface area contributed by atoms with E-state index in [0.717, 1.165) is 6.42 Å². The Balaban J connectivity index is 2.17. The van der Waals surface area contributed by atoms with Crippen LogP contribution in [0, 0.1) is 0 Å². The Morgan fingerprint density at radius 2 is 2.14 bits per heavy atom. The first kappa shape index (κ1) is 15.3. The lowest BCUT2D eigenvalue weighted by molar-refractivity contribution is -0.159. The van der Waals surface area contributed by atoms with Crippen molar-refractivity contribution < 1.29 is 19.4 Å². The molecule has 0 aliphatic carbocycles. The van der Waals surface area contributed by atoms with Gasteiger partial charge in [-0.25, -0.2) is 9.78 Å². The number of ether oxygens (including phenoxy) is 1. The fraction of sp³-hybridized carbons (Fsp3) is 0.533. The van der Waals surface area contributed by atoms with E-state index in [0.29, 0.717) is 13.0 Å². The number of nitrogens with zero attached hydrogens (tertiary/aromatic N) is 2. The van der Waals surface area contributed by atoms with Gasteiger partial charge >= 0.3 is 5.97 Å². The molecule has 1 N–H and O–H groups in total. The van der Waals surface area contributed by atoms with E-state index < -0.39 is 23.5 Å². The summed E-state index contributed by atoms with van der Waals surface area (Å²) in [5, 5.41) is 9.73. The van der Waals surface area contributed by atoms with Gasteiger partial charge in [0.05, 0.1) is 0 Å². The van der Waals surface area contributed by atoms with E-state index in [4.69, 9.17) is 4.74 Å². The molecule has 6 heteroatoms. The SMILES string of the molecule is CC(C)(C)OC(=O)[C@H]1CCCN1C(=O)c1ncccc1O. The smallest absolute Gasteiger partial charge is 0.329 e. The summed E-state index contributed by atoms with van der Waals surface area (Å²) in [5.74, 6) is -1.04. The van der Waals surface area contributed by atoms with E-state index in [1.165, 1.54) is 17.2 Å². The molecule has 0 saturated carbocycles. The molecule has 1 atom stereocenters. The van der Waals surface area contributed by atoms with Crippen LogP contribution in [0.15, 0.2) is 18.3 Å². The molecular weight excluding hydrogens is 272 g/mol. The molecule has 0 radical (unpaired) electrons. The van der Waals surface area contributed by atoms with Gasteiger partial charge in [0.2, 0.25) is 0 Å². The monoisotopic (exact) mass is 292 g/mol. The third-order valence-electron chi connectivity index (χ3n) is 3.18. The Labute approximate surface area is 123 Å². The number of esters is 1. The number of hydrogen-bond donors (Lipinski definition) is 1. The fourth-order valence-corrected chi connectivity index (χ4v) is 2.32. The highest BCUT2D eigenvalue weighted by atomic mass is 16.6. The number of likely N-dealkylation sites (tertiary alicyclic amines) is 1. The number of rotatable bonds is 2. The Bertz CT molecular complexity index is 551. The maximum absolute atomic E-state index is 12.4. The summed E-state index contributed by atoms with van der Waals surface area (Å²) in [6, 6.07) is 2.33. The summed E-state index contributed by atoms with van der Waals surface area (Å²) < 4.78 is 5.35. The van der Waals surface area contributed by atoms with E-state index in [-0.39, 0.29) is 11.4 Å². The molecule has 0 aromatic carbocycles. The predicted octanol–water partition coefficient (Wildman–Crippen LogP) is 1.73. The fourth-order valence-electron chi connectivity index (χ4n) is 2.32. The van der Waals surface area contributed by atoms with Crippen LogP contribution in [-0.2, 0) is 9.53 Å². The van der Waals surface area contributed by atoms with E-state index in [2.05, 4.69) is 4.98 Å². The molecule has 1 fully saturated rings. The summed E-state index contributed by atoms with van der Waals surface area (Å²) in [6.45, 7) is 5.82. The lowest BCUT2D eigenvalue weighted by Crippen LogP contribution is -2.43. The number of hydrogen-bond acceptors (Lipinski definition) is 5. The average Bonchev–Trinajstić information content (AvgIpc) is 2.85. The number of aromatic nitrogens is 1.